The second-order valence-electron chi connectivity index (χ2n) is 6.08. The van der Waals surface area contributed by atoms with Crippen LogP contribution in [0.3, 0.4) is 0 Å². The minimum atomic E-state index is -0.117. The normalized spacial score (nSPS) is 10.9. The molecule has 5 heteroatoms. The van der Waals surface area contributed by atoms with Gasteiger partial charge in [-0.15, -0.1) is 0 Å². The molecule has 0 unspecified atom stereocenters. The Hall–Kier alpha value is -3.47. The molecule has 28 heavy (non-hydrogen) atoms. The van der Waals surface area contributed by atoms with Gasteiger partial charge in [0.2, 0.25) is 0 Å². The summed E-state index contributed by atoms with van der Waals surface area (Å²) in [5.74, 6) is 2.34. The zero-order valence-electron chi connectivity index (χ0n) is 16.3. The van der Waals surface area contributed by atoms with E-state index in [0.29, 0.717) is 28.6 Å². The second-order valence-corrected chi connectivity index (χ2v) is 6.08. The van der Waals surface area contributed by atoms with Gasteiger partial charge < -0.3 is 18.9 Å². The molecule has 144 valence electrons. The van der Waals surface area contributed by atoms with Gasteiger partial charge in [0.05, 0.1) is 28.4 Å². The molecule has 5 nitrogen and oxygen atoms in total. The number of carbonyl (C=O) groups is 1. The first-order valence-electron chi connectivity index (χ1n) is 8.70. The van der Waals surface area contributed by atoms with Gasteiger partial charge in [0.25, 0.3) is 0 Å². The first-order chi connectivity index (χ1) is 13.6. The summed E-state index contributed by atoms with van der Waals surface area (Å²) in [4.78, 5) is 12.5. The van der Waals surface area contributed by atoms with E-state index in [0.717, 1.165) is 16.3 Å². The van der Waals surface area contributed by atoms with Gasteiger partial charge in [-0.25, -0.2) is 0 Å². The predicted octanol–water partition coefficient (Wildman–Crippen LogP) is 4.77. The molecule has 3 aromatic carbocycles. The minimum absolute atomic E-state index is 0.117. The highest BCUT2D eigenvalue weighted by molar-refractivity contribution is 6.07. The lowest BCUT2D eigenvalue weighted by Gasteiger charge is -2.09. The number of fused-ring (bicyclic) bond motifs is 1. The smallest absolute Gasteiger partial charge is 0.185 e. The lowest BCUT2D eigenvalue weighted by Crippen LogP contribution is -1.97. The van der Waals surface area contributed by atoms with Crippen molar-refractivity contribution >= 4 is 22.6 Å². The maximum absolute atomic E-state index is 12.5. The van der Waals surface area contributed by atoms with Gasteiger partial charge in [-0.3, -0.25) is 4.79 Å². The SMILES string of the molecule is COc1ccc(C(=O)/C=C/c2ccc3cc(OC)c(OC)cc3c2)cc1OC. The van der Waals surface area contributed by atoms with Crippen LogP contribution in [0, 0.1) is 0 Å². The van der Waals surface area contributed by atoms with Crippen LogP contribution in [0.5, 0.6) is 23.0 Å². The Labute approximate surface area is 164 Å². The summed E-state index contributed by atoms with van der Waals surface area (Å²) in [5, 5.41) is 2.03. The van der Waals surface area contributed by atoms with Gasteiger partial charge in [-0.2, -0.15) is 0 Å². The third-order valence-electron chi connectivity index (χ3n) is 4.46. The maximum Gasteiger partial charge on any atom is 0.185 e. The highest BCUT2D eigenvalue weighted by Gasteiger charge is 2.09. The van der Waals surface area contributed by atoms with E-state index in [1.165, 1.54) is 0 Å². The highest BCUT2D eigenvalue weighted by Crippen LogP contribution is 2.33. The fourth-order valence-corrected chi connectivity index (χ4v) is 2.95. The summed E-state index contributed by atoms with van der Waals surface area (Å²) in [6.45, 7) is 0. The number of carbonyl (C=O) groups excluding carboxylic acids is 1. The topological polar surface area (TPSA) is 54.0 Å². The lowest BCUT2D eigenvalue weighted by atomic mass is 10.0. The Morgan fingerprint density at radius 3 is 1.93 bits per heavy atom. The van der Waals surface area contributed by atoms with Crippen molar-refractivity contribution in [1.82, 2.24) is 0 Å². The molecule has 0 amide bonds. The molecule has 0 saturated heterocycles. The number of benzene rings is 3. The van der Waals surface area contributed by atoms with E-state index in [1.807, 2.05) is 30.3 Å². The fraction of sp³-hybridized carbons (Fsp3) is 0.174. The summed E-state index contributed by atoms with van der Waals surface area (Å²) in [6.07, 6.45) is 3.33. The quantitative estimate of drug-likeness (QED) is 0.438. The molecule has 0 heterocycles. The van der Waals surface area contributed by atoms with Crippen molar-refractivity contribution in [2.45, 2.75) is 0 Å². The standard InChI is InChI=1S/C23H22O5/c1-25-20-10-8-17(13-21(20)26-2)19(24)9-6-15-5-7-16-12-22(27-3)23(28-4)14-18(16)11-15/h5-14H,1-4H3/b9-6+. The summed E-state index contributed by atoms with van der Waals surface area (Å²) in [5.41, 5.74) is 1.44. The van der Waals surface area contributed by atoms with Crippen molar-refractivity contribution in [2.24, 2.45) is 0 Å². The van der Waals surface area contributed by atoms with Crippen LogP contribution in [0.4, 0.5) is 0 Å². The van der Waals surface area contributed by atoms with Crippen molar-refractivity contribution in [3.05, 3.63) is 65.7 Å². The molecule has 0 bridgehead atoms. The summed E-state index contributed by atoms with van der Waals surface area (Å²) in [7, 11) is 6.32. The number of ketones is 1. The highest BCUT2D eigenvalue weighted by atomic mass is 16.5. The fourth-order valence-electron chi connectivity index (χ4n) is 2.95. The van der Waals surface area contributed by atoms with E-state index in [4.69, 9.17) is 18.9 Å². The Kier molecular flexibility index (Phi) is 5.84. The monoisotopic (exact) mass is 378 g/mol. The molecule has 0 fully saturated rings. The van der Waals surface area contributed by atoms with Gasteiger partial charge in [0.15, 0.2) is 28.8 Å². The average Bonchev–Trinajstić information content (AvgIpc) is 2.75. The van der Waals surface area contributed by atoms with Crippen LogP contribution in [0.2, 0.25) is 0 Å². The van der Waals surface area contributed by atoms with Crippen molar-refractivity contribution in [1.29, 1.82) is 0 Å². The summed E-state index contributed by atoms with van der Waals surface area (Å²) in [6, 6.07) is 14.9. The van der Waals surface area contributed by atoms with E-state index in [9.17, 15) is 4.79 Å². The largest absolute Gasteiger partial charge is 0.493 e. The molecule has 0 aromatic heterocycles. The predicted molar refractivity (Wildman–Crippen MR) is 110 cm³/mol. The van der Waals surface area contributed by atoms with E-state index in [2.05, 4.69) is 0 Å². The Morgan fingerprint density at radius 2 is 1.29 bits per heavy atom. The number of ether oxygens (including phenoxy) is 4. The summed E-state index contributed by atoms with van der Waals surface area (Å²) >= 11 is 0. The van der Waals surface area contributed by atoms with Crippen LogP contribution in [-0.2, 0) is 0 Å². The minimum Gasteiger partial charge on any atom is -0.493 e. The molecule has 0 spiro atoms. The molecule has 0 radical (unpaired) electrons. The van der Waals surface area contributed by atoms with E-state index in [-0.39, 0.29) is 5.78 Å². The number of methoxy groups -OCH3 is 4. The van der Waals surface area contributed by atoms with Crippen molar-refractivity contribution in [3.63, 3.8) is 0 Å². The van der Waals surface area contributed by atoms with Gasteiger partial charge in [0, 0.05) is 5.56 Å². The zero-order valence-corrected chi connectivity index (χ0v) is 16.3. The number of rotatable bonds is 7. The third kappa shape index (κ3) is 3.93. The van der Waals surface area contributed by atoms with Gasteiger partial charge in [-0.05, 0) is 58.8 Å². The molecule has 0 aliphatic carbocycles. The molecule has 0 N–H and O–H groups in total. The van der Waals surface area contributed by atoms with Gasteiger partial charge >= 0.3 is 0 Å². The van der Waals surface area contributed by atoms with Crippen LogP contribution in [-0.4, -0.2) is 34.2 Å². The zero-order chi connectivity index (χ0) is 20.1. The van der Waals surface area contributed by atoms with E-state index >= 15 is 0 Å². The third-order valence-corrected chi connectivity index (χ3v) is 4.46. The van der Waals surface area contributed by atoms with Gasteiger partial charge in [-0.1, -0.05) is 18.2 Å². The van der Waals surface area contributed by atoms with Crippen molar-refractivity contribution in [3.8, 4) is 23.0 Å². The molecular weight excluding hydrogens is 356 g/mol. The molecule has 0 saturated carbocycles. The van der Waals surface area contributed by atoms with Crippen molar-refractivity contribution in [2.75, 3.05) is 28.4 Å². The van der Waals surface area contributed by atoms with Crippen LogP contribution in [0.1, 0.15) is 15.9 Å². The lowest BCUT2D eigenvalue weighted by molar-refractivity contribution is 0.104. The first-order valence-corrected chi connectivity index (χ1v) is 8.70. The Bertz CT molecular complexity index is 1040. The first kappa shape index (κ1) is 19.3. The number of hydrogen-bond acceptors (Lipinski definition) is 5. The van der Waals surface area contributed by atoms with E-state index in [1.54, 1.807) is 58.8 Å². The second kappa shape index (κ2) is 8.48. The van der Waals surface area contributed by atoms with Crippen LogP contribution >= 0.6 is 0 Å². The molecule has 0 aliphatic rings. The molecule has 3 rings (SSSR count). The Balaban J connectivity index is 1.87. The molecular formula is C23H22O5. The number of allylic oxidation sites excluding steroid dienone is 1. The Morgan fingerprint density at radius 1 is 0.679 bits per heavy atom. The summed E-state index contributed by atoms with van der Waals surface area (Å²) < 4.78 is 21.2. The van der Waals surface area contributed by atoms with Gasteiger partial charge in [0.1, 0.15) is 0 Å². The van der Waals surface area contributed by atoms with E-state index < -0.39 is 0 Å². The average molecular weight is 378 g/mol. The molecule has 0 atom stereocenters. The van der Waals surface area contributed by atoms with Crippen molar-refractivity contribution < 1.29 is 23.7 Å². The molecule has 3 aromatic rings. The van der Waals surface area contributed by atoms with Crippen LogP contribution in [0.25, 0.3) is 16.8 Å². The molecule has 0 aliphatic heterocycles. The maximum atomic E-state index is 12.5. The van der Waals surface area contributed by atoms with Crippen LogP contribution < -0.4 is 18.9 Å². The number of hydrogen-bond donors (Lipinski definition) is 0. The van der Waals surface area contributed by atoms with Crippen LogP contribution in [0.15, 0.2) is 54.6 Å².